The van der Waals surface area contributed by atoms with Crippen LogP contribution in [0.1, 0.15) is 72.4 Å². The van der Waals surface area contributed by atoms with Crippen molar-refractivity contribution in [3.63, 3.8) is 0 Å². The molecule has 1 atom stereocenters. The van der Waals surface area contributed by atoms with Crippen molar-refractivity contribution < 1.29 is 19.1 Å². The fraction of sp³-hybridized carbons (Fsp3) is 0.650. The van der Waals surface area contributed by atoms with E-state index in [1.165, 1.54) is 0 Å². The number of carbonyl (C=O) groups is 2. The topological polar surface area (TPSA) is 80.8 Å². The maximum atomic E-state index is 12.7. The van der Waals surface area contributed by atoms with Gasteiger partial charge >= 0.3 is 12.2 Å². The lowest BCUT2D eigenvalue weighted by molar-refractivity contribution is 0.00958. The zero-order valence-electron chi connectivity index (χ0n) is 17.2. The van der Waals surface area contributed by atoms with E-state index in [-0.39, 0.29) is 12.1 Å². The molecule has 1 aliphatic rings. The summed E-state index contributed by atoms with van der Waals surface area (Å²) in [6.07, 6.45) is 3.39. The van der Waals surface area contributed by atoms with Crippen molar-refractivity contribution in [1.82, 2.24) is 9.88 Å². The first kappa shape index (κ1) is 21.0. The van der Waals surface area contributed by atoms with Gasteiger partial charge in [0.15, 0.2) is 0 Å². The second kappa shape index (κ2) is 8.15. The number of piperidine rings is 1. The molecule has 2 heterocycles. The van der Waals surface area contributed by atoms with Crippen LogP contribution in [0.3, 0.4) is 0 Å². The lowest BCUT2D eigenvalue weighted by Crippen LogP contribution is -2.42. The van der Waals surface area contributed by atoms with E-state index >= 15 is 0 Å². The number of rotatable bonds is 2. The summed E-state index contributed by atoms with van der Waals surface area (Å²) in [4.78, 5) is 30.9. The van der Waals surface area contributed by atoms with Gasteiger partial charge in [-0.2, -0.15) is 0 Å². The molecule has 0 unspecified atom stereocenters. The van der Waals surface area contributed by atoms with E-state index in [1.54, 1.807) is 37.9 Å². The van der Waals surface area contributed by atoms with Gasteiger partial charge in [0.25, 0.3) is 0 Å². The van der Waals surface area contributed by atoms with Crippen LogP contribution in [0, 0.1) is 0 Å². The summed E-state index contributed by atoms with van der Waals surface area (Å²) < 4.78 is 10.9. The van der Waals surface area contributed by atoms with Crippen molar-refractivity contribution in [2.45, 2.75) is 78.0 Å². The van der Waals surface area contributed by atoms with Crippen molar-refractivity contribution >= 4 is 18.0 Å². The highest BCUT2D eigenvalue weighted by Crippen LogP contribution is 2.35. The van der Waals surface area contributed by atoms with Crippen LogP contribution in [0.2, 0.25) is 0 Å². The van der Waals surface area contributed by atoms with Crippen molar-refractivity contribution in [3.8, 4) is 0 Å². The smallest absolute Gasteiger partial charge is 0.413 e. The molecule has 2 amide bonds. The molecule has 0 radical (unpaired) electrons. The molecule has 1 fully saturated rings. The van der Waals surface area contributed by atoms with Crippen LogP contribution < -0.4 is 5.32 Å². The molecule has 0 bridgehead atoms. The Kier molecular flexibility index (Phi) is 6.34. The van der Waals surface area contributed by atoms with Crippen LogP contribution in [-0.2, 0) is 9.47 Å². The van der Waals surface area contributed by atoms with Crippen molar-refractivity contribution in [1.29, 1.82) is 0 Å². The number of aromatic nitrogens is 1. The Balaban J connectivity index is 2.24. The first-order valence-corrected chi connectivity index (χ1v) is 9.41. The minimum atomic E-state index is -0.605. The molecule has 0 spiro atoms. The van der Waals surface area contributed by atoms with Crippen LogP contribution in [0.25, 0.3) is 0 Å². The maximum absolute atomic E-state index is 12.7. The average Bonchev–Trinajstić information content (AvgIpc) is 2.52. The van der Waals surface area contributed by atoms with Gasteiger partial charge in [-0.05, 0) is 66.9 Å². The second-order valence-corrected chi connectivity index (χ2v) is 8.75. The number of carbonyl (C=O) groups excluding carboxylic acids is 2. The van der Waals surface area contributed by atoms with Gasteiger partial charge in [0.05, 0.1) is 6.04 Å². The summed E-state index contributed by atoms with van der Waals surface area (Å²) in [5, 5.41) is 2.72. The minimum absolute atomic E-state index is 0.202. The third kappa shape index (κ3) is 6.41. The van der Waals surface area contributed by atoms with E-state index < -0.39 is 17.3 Å². The lowest BCUT2D eigenvalue weighted by Gasteiger charge is -2.37. The van der Waals surface area contributed by atoms with Crippen LogP contribution in [0.5, 0.6) is 0 Å². The van der Waals surface area contributed by atoms with Gasteiger partial charge in [-0.3, -0.25) is 5.32 Å². The Morgan fingerprint density at radius 1 is 1.11 bits per heavy atom. The summed E-state index contributed by atoms with van der Waals surface area (Å²) in [5.41, 5.74) is -0.383. The first-order chi connectivity index (χ1) is 12.5. The SMILES string of the molecule is CC(C)(C)OC(=O)Nc1ncccc1[C@H]1CCCCN1C(=O)OC(C)(C)C. The van der Waals surface area contributed by atoms with Crippen LogP contribution in [-0.4, -0.2) is 39.8 Å². The largest absolute Gasteiger partial charge is 0.444 e. The molecule has 1 saturated heterocycles. The molecular formula is C20H31N3O4. The van der Waals surface area contributed by atoms with Gasteiger partial charge in [-0.1, -0.05) is 6.07 Å². The quantitative estimate of drug-likeness (QED) is 0.793. The third-order valence-electron chi connectivity index (χ3n) is 3.95. The second-order valence-electron chi connectivity index (χ2n) is 8.75. The molecule has 2 rings (SSSR count). The standard InChI is InChI=1S/C20H31N3O4/c1-19(2,3)26-17(24)22-16-14(10-9-12-21-16)15-11-7-8-13-23(15)18(25)27-20(4,5)6/h9-10,12,15H,7-8,11,13H2,1-6H3,(H,21,22,24)/t15-/m1/s1. The van der Waals surface area contributed by atoms with Crippen molar-refractivity contribution in [3.05, 3.63) is 23.9 Å². The van der Waals surface area contributed by atoms with Gasteiger partial charge in [0.2, 0.25) is 0 Å². The molecule has 0 aromatic carbocycles. The zero-order valence-corrected chi connectivity index (χ0v) is 17.2. The predicted molar refractivity (Wildman–Crippen MR) is 104 cm³/mol. The zero-order chi connectivity index (χ0) is 20.2. The summed E-state index contributed by atoms with van der Waals surface area (Å²) >= 11 is 0. The van der Waals surface area contributed by atoms with E-state index in [4.69, 9.17) is 9.47 Å². The molecule has 7 heteroatoms. The highest BCUT2D eigenvalue weighted by molar-refractivity contribution is 5.84. The number of amides is 2. The van der Waals surface area contributed by atoms with Crippen molar-refractivity contribution in [2.75, 3.05) is 11.9 Å². The van der Waals surface area contributed by atoms with Crippen molar-refractivity contribution in [2.24, 2.45) is 0 Å². The molecule has 150 valence electrons. The normalized spacial score (nSPS) is 18.0. The molecule has 1 N–H and O–H groups in total. The highest BCUT2D eigenvalue weighted by atomic mass is 16.6. The first-order valence-electron chi connectivity index (χ1n) is 9.41. The Morgan fingerprint density at radius 3 is 2.41 bits per heavy atom. The van der Waals surface area contributed by atoms with E-state index in [1.807, 2.05) is 26.8 Å². The number of likely N-dealkylation sites (tertiary alicyclic amines) is 1. The third-order valence-corrected chi connectivity index (χ3v) is 3.95. The Bertz CT molecular complexity index is 677. The summed E-state index contributed by atoms with van der Waals surface area (Å²) in [5.74, 6) is 0.409. The van der Waals surface area contributed by atoms with Gasteiger partial charge in [0, 0.05) is 18.3 Å². The van der Waals surface area contributed by atoms with E-state index in [2.05, 4.69) is 10.3 Å². The van der Waals surface area contributed by atoms with Crippen LogP contribution in [0.4, 0.5) is 15.4 Å². The minimum Gasteiger partial charge on any atom is -0.444 e. The number of ether oxygens (including phenoxy) is 2. The number of nitrogens with zero attached hydrogens (tertiary/aromatic N) is 2. The predicted octanol–water partition coefficient (Wildman–Crippen LogP) is 4.89. The van der Waals surface area contributed by atoms with Gasteiger partial charge < -0.3 is 14.4 Å². The maximum Gasteiger partial charge on any atom is 0.413 e. The fourth-order valence-electron chi connectivity index (χ4n) is 2.99. The fourth-order valence-corrected chi connectivity index (χ4v) is 2.99. The summed E-state index contributed by atoms with van der Waals surface area (Å²) in [6.45, 7) is 11.6. The highest BCUT2D eigenvalue weighted by Gasteiger charge is 2.33. The molecule has 1 aromatic rings. The van der Waals surface area contributed by atoms with E-state index in [9.17, 15) is 9.59 Å². The lowest BCUT2D eigenvalue weighted by atomic mass is 9.96. The van der Waals surface area contributed by atoms with Gasteiger partial charge in [0.1, 0.15) is 17.0 Å². The summed E-state index contributed by atoms with van der Waals surface area (Å²) in [6, 6.07) is 3.48. The number of anilines is 1. The molecule has 1 aliphatic heterocycles. The number of hydrogen-bond donors (Lipinski definition) is 1. The Morgan fingerprint density at radius 2 is 1.78 bits per heavy atom. The molecule has 0 saturated carbocycles. The van der Waals surface area contributed by atoms with Crippen LogP contribution in [0.15, 0.2) is 18.3 Å². The molecular weight excluding hydrogens is 346 g/mol. The van der Waals surface area contributed by atoms with E-state index in [0.717, 1.165) is 24.8 Å². The monoisotopic (exact) mass is 377 g/mol. The van der Waals surface area contributed by atoms with Gasteiger partial charge in [-0.15, -0.1) is 0 Å². The number of pyridine rings is 1. The van der Waals surface area contributed by atoms with Crippen LogP contribution >= 0.6 is 0 Å². The Labute approximate surface area is 161 Å². The molecule has 1 aromatic heterocycles. The Hall–Kier alpha value is -2.31. The molecule has 0 aliphatic carbocycles. The number of hydrogen-bond acceptors (Lipinski definition) is 5. The summed E-state index contributed by atoms with van der Waals surface area (Å²) in [7, 11) is 0. The molecule has 27 heavy (non-hydrogen) atoms. The number of nitrogens with one attached hydrogen (secondary N) is 1. The molecule has 7 nitrogen and oxygen atoms in total. The van der Waals surface area contributed by atoms with Gasteiger partial charge in [-0.25, -0.2) is 14.6 Å². The average molecular weight is 377 g/mol. The van der Waals surface area contributed by atoms with E-state index in [0.29, 0.717) is 12.4 Å².